The highest BCUT2D eigenvalue weighted by molar-refractivity contribution is 6.42. The smallest absolute Gasteiger partial charge is 0.0595 e. The minimum Gasteiger partial charge on any atom is -0.302 e. The second kappa shape index (κ2) is 5.81. The maximum Gasteiger partial charge on any atom is 0.0595 e. The third-order valence-corrected chi connectivity index (χ3v) is 4.74. The average Bonchev–Trinajstić information content (AvgIpc) is 2.73. The molecule has 1 heterocycles. The van der Waals surface area contributed by atoms with Crippen LogP contribution in [0.1, 0.15) is 38.7 Å². The molecular weight excluding hydrogens is 265 g/mol. The second-order valence-electron chi connectivity index (χ2n) is 5.57. The van der Waals surface area contributed by atoms with E-state index in [-0.39, 0.29) is 5.41 Å². The first-order chi connectivity index (χ1) is 8.55. The van der Waals surface area contributed by atoms with Gasteiger partial charge in [0.15, 0.2) is 0 Å². The highest BCUT2D eigenvalue weighted by Crippen LogP contribution is 2.36. The minimum absolute atomic E-state index is 0.224. The van der Waals surface area contributed by atoms with Crippen molar-refractivity contribution < 1.29 is 0 Å². The predicted molar refractivity (Wildman–Crippen MR) is 79.8 cm³/mol. The van der Waals surface area contributed by atoms with Crippen LogP contribution in [0, 0.1) is 0 Å². The van der Waals surface area contributed by atoms with E-state index in [9.17, 15) is 0 Å². The van der Waals surface area contributed by atoms with Crippen LogP contribution >= 0.6 is 23.2 Å². The standard InChI is InChI=1S/C15H21Cl2N/c1-3-4-8-18-9-7-15(2,11-18)12-5-6-13(16)14(17)10-12/h5-6,10H,3-4,7-9,11H2,1-2H3/t15-/m1/s1. The van der Waals surface area contributed by atoms with Gasteiger partial charge < -0.3 is 4.90 Å². The summed E-state index contributed by atoms with van der Waals surface area (Å²) in [4.78, 5) is 2.56. The van der Waals surface area contributed by atoms with Crippen molar-refractivity contribution >= 4 is 23.2 Å². The first-order valence-corrected chi connectivity index (χ1v) is 7.48. The number of unbranched alkanes of at least 4 members (excludes halogenated alkanes) is 1. The summed E-state index contributed by atoms with van der Waals surface area (Å²) in [5.74, 6) is 0. The fourth-order valence-electron chi connectivity index (χ4n) is 2.74. The Morgan fingerprint density at radius 1 is 1.28 bits per heavy atom. The van der Waals surface area contributed by atoms with Gasteiger partial charge in [-0.1, -0.05) is 49.5 Å². The summed E-state index contributed by atoms with van der Waals surface area (Å²) in [5.41, 5.74) is 1.54. The molecule has 1 atom stereocenters. The van der Waals surface area contributed by atoms with Gasteiger partial charge in [0.2, 0.25) is 0 Å². The van der Waals surface area contributed by atoms with E-state index in [1.807, 2.05) is 12.1 Å². The van der Waals surface area contributed by atoms with E-state index >= 15 is 0 Å². The van der Waals surface area contributed by atoms with Crippen molar-refractivity contribution in [2.24, 2.45) is 0 Å². The maximum atomic E-state index is 6.13. The zero-order valence-electron chi connectivity index (χ0n) is 11.2. The van der Waals surface area contributed by atoms with Crippen LogP contribution in [0.5, 0.6) is 0 Å². The zero-order chi connectivity index (χ0) is 13.2. The van der Waals surface area contributed by atoms with Crippen molar-refractivity contribution in [2.75, 3.05) is 19.6 Å². The second-order valence-corrected chi connectivity index (χ2v) is 6.38. The highest BCUT2D eigenvalue weighted by Gasteiger charge is 2.35. The summed E-state index contributed by atoms with van der Waals surface area (Å²) >= 11 is 12.1. The quantitative estimate of drug-likeness (QED) is 0.771. The summed E-state index contributed by atoms with van der Waals surface area (Å²) < 4.78 is 0. The fourth-order valence-corrected chi connectivity index (χ4v) is 3.03. The van der Waals surface area contributed by atoms with Crippen molar-refractivity contribution in [3.8, 4) is 0 Å². The third-order valence-electron chi connectivity index (χ3n) is 4.00. The van der Waals surface area contributed by atoms with Gasteiger partial charge >= 0.3 is 0 Å². The summed E-state index contributed by atoms with van der Waals surface area (Å²) in [5, 5.41) is 1.31. The van der Waals surface area contributed by atoms with Crippen LogP contribution in [0.2, 0.25) is 10.0 Å². The van der Waals surface area contributed by atoms with Crippen LogP contribution < -0.4 is 0 Å². The van der Waals surface area contributed by atoms with Crippen molar-refractivity contribution in [2.45, 2.75) is 38.5 Å². The summed E-state index contributed by atoms with van der Waals surface area (Å²) in [7, 11) is 0. The van der Waals surface area contributed by atoms with Gasteiger partial charge in [0.05, 0.1) is 10.0 Å². The topological polar surface area (TPSA) is 3.24 Å². The Balaban J connectivity index is 2.10. The van der Waals surface area contributed by atoms with E-state index in [0.717, 1.165) is 6.54 Å². The van der Waals surface area contributed by atoms with Crippen LogP contribution in [-0.4, -0.2) is 24.5 Å². The monoisotopic (exact) mass is 285 g/mol. The number of hydrogen-bond acceptors (Lipinski definition) is 1. The average molecular weight is 286 g/mol. The Bertz CT molecular complexity index is 419. The Labute approximate surface area is 120 Å². The summed E-state index contributed by atoms with van der Waals surface area (Å²) in [6.07, 6.45) is 3.76. The lowest BCUT2D eigenvalue weighted by Gasteiger charge is -2.25. The van der Waals surface area contributed by atoms with E-state index in [1.54, 1.807) is 0 Å². The molecule has 0 bridgehead atoms. The van der Waals surface area contributed by atoms with E-state index in [1.165, 1.54) is 37.9 Å². The molecule has 0 aliphatic carbocycles. The van der Waals surface area contributed by atoms with Gasteiger partial charge in [-0.3, -0.25) is 0 Å². The Morgan fingerprint density at radius 2 is 2.06 bits per heavy atom. The molecule has 2 rings (SSSR count). The molecule has 100 valence electrons. The lowest BCUT2D eigenvalue weighted by Crippen LogP contribution is -2.28. The zero-order valence-corrected chi connectivity index (χ0v) is 12.7. The molecule has 1 saturated heterocycles. The largest absolute Gasteiger partial charge is 0.302 e. The van der Waals surface area contributed by atoms with Crippen LogP contribution in [0.4, 0.5) is 0 Å². The number of hydrogen-bond donors (Lipinski definition) is 0. The van der Waals surface area contributed by atoms with Crippen LogP contribution in [0.3, 0.4) is 0 Å². The maximum absolute atomic E-state index is 6.13. The van der Waals surface area contributed by atoms with Crippen LogP contribution in [-0.2, 0) is 5.41 Å². The van der Waals surface area contributed by atoms with Crippen molar-refractivity contribution in [1.82, 2.24) is 4.90 Å². The van der Waals surface area contributed by atoms with Crippen LogP contribution in [0.25, 0.3) is 0 Å². The van der Waals surface area contributed by atoms with Crippen molar-refractivity contribution in [3.05, 3.63) is 33.8 Å². The molecule has 0 unspecified atom stereocenters. The minimum atomic E-state index is 0.224. The number of nitrogens with zero attached hydrogens (tertiary/aromatic N) is 1. The van der Waals surface area contributed by atoms with Crippen LogP contribution in [0.15, 0.2) is 18.2 Å². The number of rotatable bonds is 4. The fraction of sp³-hybridized carbons (Fsp3) is 0.600. The van der Waals surface area contributed by atoms with Gasteiger partial charge in [0, 0.05) is 12.0 Å². The molecule has 1 aromatic rings. The van der Waals surface area contributed by atoms with Gasteiger partial charge in [-0.05, 0) is 43.6 Å². The van der Waals surface area contributed by atoms with Crippen molar-refractivity contribution in [3.63, 3.8) is 0 Å². The Morgan fingerprint density at radius 3 is 2.72 bits per heavy atom. The molecule has 0 aromatic heterocycles. The Kier molecular flexibility index (Phi) is 4.58. The van der Waals surface area contributed by atoms with E-state index < -0.39 is 0 Å². The molecule has 3 heteroatoms. The number of halogens is 2. The molecule has 0 amide bonds. The first kappa shape index (κ1) is 14.2. The molecule has 0 N–H and O–H groups in total. The lowest BCUT2D eigenvalue weighted by molar-refractivity contribution is 0.311. The molecule has 0 radical (unpaired) electrons. The van der Waals surface area contributed by atoms with E-state index in [0.29, 0.717) is 10.0 Å². The predicted octanol–water partition coefficient (Wildman–Crippen LogP) is 4.76. The SMILES string of the molecule is CCCCN1CC[C@@](C)(c2ccc(Cl)c(Cl)c2)C1. The lowest BCUT2D eigenvalue weighted by atomic mass is 9.82. The van der Waals surface area contributed by atoms with E-state index in [4.69, 9.17) is 23.2 Å². The molecule has 1 aromatic carbocycles. The van der Waals surface area contributed by atoms with Gasteiger partial charge in [-0.15, -0.1) is 0 Å². The van der Waals surface area contributed by atoms with E-state index in [2.05, 4.69) is 24.8 Å². The normalized spacial score (nSPS) is 24.7. The molecule has 0 spiro atoms. The summed E-state index contributed by atoms with van der Waals surface area (Å²) in [6.45, 7) is 8.11. The first-order valence-electron chi connectivity index (χ1n) is 6.73. The molecule has 1 aliphatic rings. The molecule has 1 fully saturated rings. The summed E-state index contributed by atoms with van der Waals surface area (Å²) in [6, 6.07) is 6.07. The number of benzene rings is 1. The number of likely N-dealkylation sites (tertiary alicyclic amines) is 1. The third kappa shape index (κ3) is 3.01. The highest BCUT2D eigenvalue weighted by atomic mass is 35.5. The molecule has 1 nitrogen and oxygen atoms in total. The molecule has 1 aliphatic heterocycles. The molecule has 0 saturated carbocycles. The van der Waals surface area contributed by atoms with Gasteiger partial charge in [0.1, 0.15) is 0 Å². The van der Waals surface area contributed by atoms with Gasteiger partial charge in [-0.25, -0.2) is 0 Å². The van der Waals surface area contributed by atoms with Gasteiger partial charge in [-0.2, -0.15) is 0 Å². The molecule has 18 heavy (non-hydrogen) atoms. The Hall–Kier alpha value is -0.240. The van der Waals surface area contributed by atoms with Crippen molar-refractivity contribution in [1.29, 1.82) is 0 Å². The van der Waals surface area contributed by atoms with Gasteiger partial charge in [0.25, 0.3) is 0 Å². The molecular formula is C15H21Cl2N.